The molecule has 2 amide bonds. The average molecular weight is 453 g/mol. The molecule has 0 bridgehead atoms. The predicted octanol–water partition coefficient (Wildman–Crippen LogP) is 4.14. The van der Waals surface area contributed by atoms with Gasteiger partial charge in [-0.15, -0.1) is 11.3 Å². The molecule has 1 aromatic carbocycles. The van der Waals surface area contributed by atoms with Crippen molar-refractivity contribution in [1.82, 2.24) is 19.7 Å². The second-order valence-electron chi connectivity index (χ2n) is 9.39. The summed E-state index contributed by atoms with van der Waals surface area (Å²) in [6, 6.07) is 8.70. The first-order chi connectivity index (χ1) is 15.6. The summed E-state index contributed by atoms with van der Waals surface area (Å²) in [6.45, 7) is 6.99. The van der Waals surface area contributed by atoms with Crippen molar-refractivity contribution in [3.05, 3.63) is 40.9 Å². The van der Waals surface area contributed by atoms with E-state index in [0.29, 0.717) is 17.0 Å². The van der Waals surface area contributed by atoms with Gasteiger partial charge in [-0.05, 0) is 64.1 Å². The van der Waals surface area contributed by atoms with E-state index in [0.717, 1.165) is 74.5 Å². The van der Waals surface area contributed by atoms with Crippen LogP contribution in [-0.4, -0.2) is 76.3 Å². The van der Waals surface area contributed by atoms with Gasteiger partial charge in [-0.1, -0.05) is 12.1 Å². The van der Waals surface area contributed by atoms with Crippen molar-refractivity contribution in [2.45, 2.75) is 57.5 Å². The number of carbonyl (C=O) groups is 2. The molecule has 0 unspecified atom stereocenters. The fourth-order valence-electron chi connectivity index (χ4n) is 5.33. The Morgan fingerprint density at radius 1 is 0.969 bits per heavy atom. The molecular weight excluding hydrogens is 420 g/mol. The Labute approximate surface area is 194 Å². The van der Waals surface area contributed by atoms with E-state index < -0.39 is 0 Å². The van der Waals surface area contributed by atoms with Gasteiger partial charge in [-0.25, -0.2) is 4.98 Å². The number of nitrogens with zero attached hydrogens (tertiary/aromatic N) is 4. The van der Waals surface area contributed by atoms with Crippen molar-refractivity contribution in [2.24, 2.45) is 0 Å². The van der Waals surface area contributed by atoms with E-state index in [-0.39, 0.29) is 11.8 Å². The molecule has 7 heteroatoms. The topological polar surface area (TPSA) is 56.8 Å². The van der Waals surface area contributed by atoms with Gasteiger partial charge in [-0.2, -0.15) is 0 Å². The molecule has 0 saturated carbocycles. The second-order valence-corrected chi connectivity index (χ2v) is 10.4. The highest BCUT2D eigenvalue weighted by molar-refractivity contribution is 7.16. The molecule has 3 aliphatic heterocycles. The Bertz CT molecular complexity index is 967. The van der Waals surface area contributed by atoms with Gasteiger partial charge in [-0.3, -0.25) is 14.5 Å². The summed E-state index contributed by atoms with van der Waals surface area (Å²) >= 11 is 1.44. The average Bonchev–Trinajstić information content (AvgIpc) is 3.61. The molecule has 2 aromatic rings. The van der Waals surface area contributed by atoms with Crippen LogP contribution in [0.2, 0.25) is 0 Å². The van der Waals surface area contributed by atoms with Crippen LogP contribution < -0.4 is 0 Å². The maximum absolute atomic E-state index is 13.2. The Hall–Kier alpha value is -2.25. The monoisotopic (exact) mass is 452 g/mol. The summed E-state index contributed by atoms with van der Waals surface area (Å²) < 4.78 is 0. The third kappa shape index (κ3) is 4.33. The van der Waals surface area contributed by atoms with Crippen molar-refractivity contribution >= 4 is 23.2 Å². The van der Waals surface area contributed by atoms with Crippen LogP contribution in [0.25, 0.3) is 10.6 Å². The first-order valence-corrected chi connectivity index (χ1v) is 12.8. The van der Waals surface area contributed by atoms with Gasteiger partial charge in [0.05, 0.1) is 6.20 Å². The van der Waals surface area contributed by atoms with Crippen LogP contribution in [0.3, 0.4) is 0 Å². The van der Waals surface area contributed by atoms with Gasteiger partial charge in [0.15, 0.2) is 0 Å². The summed E-state index contributed by atoms with van der Waals surface area (Å²) in [5.74, 6) is 0.223. The fraction of sp³-hybridized carbons (Fsp3) is 0.560. The summed E-state index contributed by atoms with van der Waals surface area (Å²) in [5, 5.41) is 0.827. The van der Waals surface area contributed by atoms with E-state index in [4.69, 9.17) is 0 Å². The fourth-order valence-corrected chi connectivity index (χ4v) is 6.22. The lowest BCUT2D eigenvalue weighted by Gasteiger charge is -2.30. The van der Waals surface area contributed by atoms with Gasteiger partial charge < -0.3 is 9.80 Å². The minimum Gasteiger partial charge on any atom is -0.338 e. The van der Waals surface area contributed by atoms with Gasteiger partial charge >= 0.3 is 0 Å². The molecule has 3 fully saturated rings. The van der Waals surface area contributed by atoms with Crippen LogP contribution in [0.4, 0.5) is 0 Å². The SMILES string of the molecule is C[C@@H]1CCCN1C[C@@H]1CCCN1C(=O)c1ccc(-c2ncc(C(=O)N3CCCC3)s2)cc1. The van der Waals surface area contributed by atoms with Gasteiger partial charge in [0, 0.05) is 49.4 Å². The molecule has 3 aliphatic rings. The summed E-state index contributed by atoms with van der Waals surface area (Å²) in [4.78, 5) is 37.6. The number of thiazole rings is 1. The lowest BCUT2D eigenvalue weighted by Crippen LogP contribution is -2.44. The van der Waals surface area contributed by atoms with E-state index in [2.05, 4.69) is 21.7 Å². The number of carbonyl (C=O) groups excluding carboxylic acids is 2. The third-order valence-electron chi connectivity index (χ3n) is 7.26. The standard InChI is InChI=1S/C25H32N4O2S/c1-18-6-4-14-28(18)17-21-7-5-15-29(21)24(30)20-10-8-19(9-11-20)23-26-16-22(32-23)25(31)27-12-2-3-13-27/h8-11,16,18,21H,2-7,12-15,17H2,1H3/t18-,21+/m1/s1. The van der Waals surface area contributed by atoms with Crippen molar-refractivity contribution in [3.63, 3.8) is 0 Å². The van der Waals surface area contributed by atoms with Crippen molar-refractivity contribution in [3.8, 4) is 10.6 Å². The third-order valence-corrected chi connectivity index (χ3v) is 8.30. The van der Waals surface area contributed by atoms with Gasteiger partial charge in [0.1, 0.15) is 9.88 Å². The van der Waals surface area contributed by atoms with Crippen LogP contribution in [-0.2, 0) is 0 Å². The van der Waals surface area contributed by atoms with E-state index in [1.165, 1.54) is 24.2 Å². The lowest BCUT2D eigenvalue weighted by molar-refractivity contribution is 0.0696. The zero-order valence-electron chi connectivity index (χ0n) is 18.8. The highest BCUT2D eigenvalue weighted by Gasteiger charge is 2.33. The maximum atomic E-state index is 13.2. The Morgan fingerprint density at radius 2 is 1.72 bits per heavy atom. The van der Waals surface area contributed by atoms with E-state index in [1.807, 2.05) is 29.2 Å². The van der Waals surface area contributed by atoms with E-state index in [1.54, 1.807) is 6.20 Å². The molecule has 0 radical (unpaired) electrons. The van der Waals surface area contributed by atoms with Crippen LogP contribution >= 0.6 is 11.3 Å². The number of hydrogen-bond donors (Lipinski definition) is 0. The van der Waals surface area contributed by atoms with Crippen molar-refractivity contribution in [1.29, 1.82) is 0 Å². The van der Waals surface area contributed by atoms with Gasteiger partial charge in [0.2, 0.25) is 0 Å². The summed E-state index contributed by atoms with van der Waals surface area (Å²) in [7, 11) is 0. The molecular formula is C25H32N4O2S. The molecule has 170 valence electrons. The number of likely N-dealkylation sites (tertiary alicyclic amines) is 3. The molecule has 3 saturated heterocycles. The summed E-state index contributed by atoms with van der Waals surface area (Å²) in [6.07, 6.45) is 8.58. The number of rotatable bonds is 5. The van der Waals surface area contributed by atoms with Crippen LogP contribution in [0, 0.1) is 0 Å². The lowest BCUT2D eigenvalue weighted by atomic mass is 10.1. The predicted molar refractivity (Wildman–Crippen MR) is 127 cm³/mol. The molecule has 5 rings (SSSR count). The molecule has 32 heavy (non-hydrogen) atoms. The number of amides is 2. The number of hydrogen-bond acceptors (Lipinski definition) is 5. The first kappa shape index (κ1) is 21.6. The molecule has 6 nitrogen and oxygen atoms in total. The zero-order chi connectivity index (χ0) is 22.1. The molecule has 1 aromatic heterocycles. The van der Waals surface area contributed by atoms with Gasteiger partial charge in [0.25, 0.3) is 11.8 Å². The smallest absolute Gasteiger partial charge is 0.265 e. The molecule has 2 atom stereocenters. The highest BCUT2D eigenvalue weighted by atomic mass is 32.1. The molecule has 4 heterocycles. The molecule has 0 N–H and O–H groups in total. The minimum absolute atomic E-state index is 0.0884. The normalized spacial score (nSPS) is 23.9. The van der Waals surface area contributed by atoms with E-state index >= 15 is 0 Å². The Kier molecular flexibility index (Phi) is 6.28. The van der Waals surface area contributed by atoms with Crippen molar-refractivity contribution in [2.75, 3.05) is 32.7 Å². The quantitative estimate of drug-likeness (QED) is 0.684. The summed E-state index contributed by atoms with van der Waals surface area (Å²) in [5.41, 5.74) is 1.69. The largest absolute Gasteiger partial charge is 0.338 e. The van der Waals surface area contributed by atoms with Crippen LogP contribution in [0.15, 0.2) is 30.5 Å². The number of benzene rings is 1. The minimum atomic E-state index is 0.0884. The second kappa shape index (κ2) is 9.32. The van der Waals surface area contributed by atoms with Crippen LogP contribution in [0.5, 0.6) is 0 Å². The highest BCUT2D eigenvalue weighted by Crippen LogP contribution is 2.29. The number of aromatic nitrogens is 1. The first-order valence-electron chi connectivity index (χ1n) is 12.0. The van der Waals surface area contributed by atoms with Crippen LogP contribution in [0.1, 0.15) is 65.5 Å². The zero-order valence-corrected chi connectivity index (χ0v) is 19.6. The Balaban J connectivity index is 1.25. The maximum Gasteiger partial charge on any atom is 0.265 e. The molecule has 0 aliphatic carbocycles. The Morgan fingerprint density at radius 3 is 2.44 bits per heavy atom. The molecule has 0 spiro atoms. The van der Waals surface area contributed by atoms with E-state index in [9.17, 15) is 9.59 Å². The van der Waals surface area contributed by atoms with Crippen molar-refractivity contribution < 1.29 is 9.59 Å².